The molecule has 0 aromatic heterocycles. The number of rotatable bonds is 7. The predicted octanol–water partition coefficient (Wildman–Crippen LogP) is 3.95. The van der Waals surface area contributed by atoms with Crippen LogP contribution in [0.4, 0.5) is 0 Å². The molecule has 2 aromatic rings. The zero-order chi connectivity index (χ0) is 17.5. The molecule has 0 aliphatic carbocycles. The van der Waals surface area contributed by atoms with Gasteiger partial charge in [-0.15, -0.1) is 0 Å². The van der Waals surface area contributed by atoms with Crippen LogP contribution in [-0.2, 0) is 17.8 Å². The van der Waals surface area contributed by atoms with Crippen molar-refractivity contribution in [2.75, 3.05) is 20.8 Å². The second-order valence-corrected chi connectivity index (χ2v) is 5.90. The fraction of sp³-hybridized carbons (Fsp3) is 0.316. The Morgan fingerprint density at radius 2 is 1.88 bits per heavy atom. The largest absolute Gasteiger partial charge is 0.496 e. The molecular formula is C19H22ClNO3. The third-order valence-electron chi connectivity index (χ3n) is 3.67. The highest BCUT2D eigenvalue weighted by Crippen LogP contribution is 2.24. The number of benzene rings is 2. The lowest BCUT2D eigenvalue weighted by Crippen LogP contribution is -2.27. The van der Waals surface area contributed by atoms with Crippen LogP contribution in [-0.4, -0.2) is 31.6 Å². The highest BCUT2D eigenvalue weighted by Gasteiger charge is 2.13. The van der Waals surface area contributed by atoms with Crippen LogP contribution in [0.25, 0.3) is 0 Å². The van der Waals surface area contributed by atoms with Crippen molar-refractivity contribution in [2.24, 2.45) is 0 Å². The third kappa shape index (κ3) is 4.90. The SMILES string of the molecule is CCOc1ccc(CC(=O)N(C)Cc2cc(Cl)ccc2OC)cc1. The van der Waals surface area contributed by atoms with Gasteiger partial charge in [0.05, 0.1) is 20.1 Å². The van der Waals surface area contributed by atoms with Crippen molar-refractivity contribution in [1.82, 2.24) is 4.90 Å². The van der Waals surface area contributed by atoms with Crippen molar-refractivity contribution in [2.45, 2.75) is 19.9 Å². The van der Waals surface area contributed by atoms with Gasteiger partial charge in [-0.05, 0) is 42.8 Å². The lowest BCUT2D eigenvalue weighted by molar-refractivity contribution is -0.129. The van der Waals surface area contributed by atoms with E-state index in [0.29, 0.717) is 24.6 Å². The maximum atomic E-state index is 12.4. The number of carbonyl (C=O) groups is 1. The molecule has 2 aromatic carbocycles. The number of methoxy groups -OCH3 is 1. The number of halogens is 1. The summed E-state index contributed by atoms with van der Waals surface area (Å²) in [5.74, 6) is 1.56. The summed E-state index contributed by atoms with van der Waals surface area (Å²) in [6.45, 7) is 3.01. The Labute approximate surface area is 147 Å². The van der Waals surface area contributed by atoms with Crippen LogP contribution in [0.2, 0.25) is 5.02 Å². The molecule has 5 heteroatoms. The van der Waals surface area contributed by atoms with E-state index in [1.54, 1.807) is 25.1 Å². The summed E-state index contributed by atoms with van der Waals surface area (Å²) in [4.78, 5) is 14.1. The quantitative estimate of drug-likeness (QED) is 0.761. The molecule has 24 heavy (non-hydrogen) atoms. The van der Waals surface area contributed by atoms with Gasteiger partial charge in [0.25, 0.3) is 0 Å². The van der Waals surface area contributed by atoms with E-state index in [4.69, 9.17) is 21.1 Å². The minimum atomic E-state index is 0.0289. The van der Waals surface area contributed by atoms with E-state index >= 15 is 0 Å². The summed E-state index contributed by atoms with van der Waals surface area (Å²) >= 11 is 6.04. The van der Waals surface area contributed by atoms with Crippen LogP contribution in [0.15, 0.2) is 42.5 Å². The Bertz CT molecular complexity index is 686. The van der Waals surface area contributed by atoms with Gasteiger partial charge in [-0.3, -0.25) is 4.79 Å². The summed E-state index contributed by atoms with van der Waals surface area (Å²) in [5.41, 5.74) is 1.83. The lowest BCUT2D eigenvalue weighted by Gasteiger charge is -2.19. The molecule has 0 atom stereocenters. The molecule has 0 aliphatic heterocycles. The maximum absolute atomic E-state index is 12.4. The fourth-order valence-corrected chi connectivity index (χ4v) is 2.59. The first-order chi connectivity index (χ1) is 11.5. The molecular weight excluding hydrogens is 326 g/mol. The fourth-order valence-electron chi connectivity index (χ4n) is 2.39. The van der Waals surface area contributed by atoms with Gasteiger partial charge in [0.15, 0.2) is 0 Å². The molecule has 128 valence electrons. The van der Waals surface area contributed by atoms with Crippen LogP contribution >= 0.6 is 11.6 Å². The molecule has 4 nitrogen and oxygen atoms in total. The Hall–Kier alpha value is -2.20. The number of hydrogen-bond acceptors (Lipinski definition) is 3. The number of nitrogens with zero attached hydrogens (tertiary/aromatic N) is 1. The minimum absolute atomic E-state index is 0.0289. The van der Waals surface area contributed by atoms with Crippen LogP contribution in [0.5, 0.6) is 11.5 Å². The maximum Gasteiger partial charge on any atom is 0.227 e. The molecule has 0 saturated carbocycles. The van der Waals surface area contributed by atoms with E-state index in [1.165, 1.54) is 0 Å². The summed E-state index contributed by atoms with van der Waals surface area (Å²) in [6.07, 6.45) is 0.339. The zero-order valence-electron chi connectivity index (χ0n) is 14.2. The first-order valence-corrected chi connectivity index (χ1v) is 8.19. The molecule has 0 unspecified atom stereocenters. The molecule has 0 bridgehead atoms. The molecule has 2 rings (SSSR count). The summed E-state index contributed by atoms with van der Waals surface area (Å²) in [6, 6.07) is 13.0. The van der Waals surface area contributed by atoms with E-state index in [9.17, 15) is 4.79 Å². The van der Waals surface area contributed by atoms with E-state index in [1.807, 2.05) is 43.3 Å². The van der Waals surface area contributed by atoms with Crippen molar-refractivity contribution in [3.63, 3.8) is 0 Å². The van der Waals surface area contributed by atoms with Crippen molar-refractivity contribution >= 4 is 17.5 Å². The molecule has 1 amide bonds. The molecule has 0 radical (unpaired) electrons. The van der Waals surface area contributed by atoms with Crippen molar-refractivity contribution in [3.05, 3.63) is 58.6 Å². The average molecular weight is 348 g/mol. The minimum Gasteiger partial charge on any atom is -0.496 e. The van der Waals surface area contributed by atoms with E-state index < -0.39 is 0 Å². The van der Waals surface area contributed by atoms with Crippen LogP contribution < -0.4 is 9.47 Å². The van der Waals surface area contributed by atoms with Crippen LogP contribution in [0, 0.1) is 0 Å². The molecule has 0 N–H and O–H groups in total. The predicted molar refractivity (Wildman–Crippen MR) is 95.8 cm³/mol. The van der Waals surface area contributed by atoms with E-state index in [2.05, 4.69) is 0 Å². The highest BCUT2D eigenvalue weighted by atomic mass is 35.5. The lowest BCUT2D eigenvalue weighted by atomic mass is 10.1. The number of hydrogen-bond donors (Lipinski definition) is 0. The Balaban J connectivity index is 2.00. The first kappa shape index (κ1) is 18.1. The molecule has 0 fully saturated rings. The van der Waals surface area contributed by atoms with Gasteiger partial charge in [0.2, 0.25) is 5.91 Å². The Morgan fingerprint density at radius 1 is 1.17 bits per heavy atom. The van der Waals surface area contributed by atoms with E-state index in [-0.39, 0.29) is 5.91 Å². The molecule has 0 spiro atoms. The van der Waals surface area contributed by atoms with Gasteiger partial charge >= 0.3 is 0 Å². The second kappa shape index (κ2) is 8.60. The Kier molecular flexibility index (Phi) is 6.50. The first-order valence-electron chi connectivity index (χ1n) is 7.81. The third-order valence-corrected chi connectivity index (χ3v) is 3.90. The summed E-state index contributed by atoms with van der Waals surface area (Å²) in [7, 11) is 3.38. The van der Waals surface area contributed by atoms with Crippen LogP contribution in [0.3, 0.4) is 0 Å². The molecule has 0 heterocycles. The zero-order valence-corrected chi connectivity index (χ0v) is 15.0. The van der Waals surface area contributed by atoms with Gasteiger partial charge in [-0.25, -0.2) is 0 Å². The number of amides is 1. The van der Waals surface area contributed by atoms with Crippen molar-refractivity contribution in [1.29, 1.82) is 0 Å². The molecule has 0 aliphatic rings. The van der Waals surface area contributed by atoms with Crippen molar-refractivity contribution < 1.29 is 14.3 Å². The van der Waals surface area contributed by atoms with Gasteiger partial charge in [-0.2, -0.15) is 0 Å². The smallest absolute Gasteiger partial charge is 0.227 e. The van der Waals surface area contributed by atoms with E-state index in [0.717, 1.165) is 22.6 Å². The summed E-state index contributed by atoms with van der Waals surface area (Å²) < 4.78 is 10.7. The number of carbonyl (C=O) groups excluding carboxylic acids is 1. The summed E-state index contributed by atoms with van der Waals surface area (Å²) in [5, 5.41) is 0.623. The molecule has 0 saturated heterocycles. The average Bonchev–Trinajstić information content (AvgIpc) is 2.57. The van der Waals surface area contributed by atoms with Gasteiger partial charge in [0.1, 0.15) is 11.5 Å². The van der Waals surface area contributed by atoms with Crippen LogP contribution in [0.1, 0.15) is 18.1 Å². The number of likely N-dealkylation sites (N-methyl/N-ethyl adjacent to an activating group) is 1. The van der Waals surface area contributed by atoms with Crippen molar-refractivity contribution in [3.8, 4) is 11.5 Å². The second-order valence-electron chi connectivity index (χ2n) is 5.46. The van der Waals surface area contributed by atoms with Gasteiger partial charge in [0, 0.05) is 24.2 Å². The standard InChI is InChI=1S/C19H22ClNO3/c1-4-24-17-8-5-14(6-9-17)11-19(22)21(2)13-15-12-16(20)7-10-18(15)23-3/h5-10,12H,4,11,13H2,1-3H3. The topological polar surface area (TPSA) is 38.8 Å². The Morgan fingerprint density at radius 3 is 2.50 bits per heavy atom. The van der Waals surface area contributed by atoms with Gasteiger partial charge < -0.3 is 14.4 Å². The van der Waals surface area contributed by atoms with Gasteiger partial charge in [-0.1, -0.05) is 23.7 Å². The highest BCUT2D eigenvalue weighted by molar-refractivity contribution is 6.30. The monoisotopic (exact) mass is 347 g/mol. The number of ether oxygens (including phenoxy) is 2. The normalized spacial score (nSPS) is 10.3.